The third kappa shape index (κ3) is 3.36. The molecule has 2 aromatic rings. The Morgan fingerprint density at radius 2 is 1.79 bits per heavy atom. The number of anilines is 2. The summed E-state index contributed by atoms with van der Waals surface area (Å²) in [7, 11) is 0. The first-order chi connectivity index (χ1) is 8.97. The van der Waals surface area contributed by atoms with E-state index in [1.54, 1.807) is 12.1 Å². The minimum Gasteiger partial charge on any atom is -0.478 e. The molecule has 0 bridgehead atoms. The second kappa shape index (κ2) is 5.75. The molecule has 0 unspecified atom stereocenters. The molecule has 0 saturated carbocycles. The van der Waals surface area contributed by atoms with E-state index in [0.717, 1.165) is 20.2 Å². The molecule has 0 amide bonds. The van der Waals surface area contributed by atoms with Crippen LogP contribution in [0.3, 0.4) is 0 Å². The summed E-state index contributed by atoms with van der Waals surface area (Å²) in [5, 5.41) is 12.4. The van der Waals surface area contributed by atoms with Crippen LogP contribution in [0.4, 0.5) is 11.4 Å². The minimum absolute atomic E-state index is 0.259. The van der Waals surface area contributed by atoms with Crippen LogP contribution in [0.15, 0.2) is 45.3 Å². The molecule has 0 saturated heterocycles. The molecule has 5 heteroatoms. The average Bonchev–Trinajstić information content (AvgIpc) is 2.34. The molecule has 0 aliphatic rings. The summed E-state index contributed by atoms with van der Waals surface area (Å²) in [5.41, 5.74) is 2.56. The standard InChI is InChI=1S/C14H11Br2NO2/c1-8-2-4-12(10(6-8)14(18)19)17-13-5-3-9(15)7-11(13)16/h2-7,17H,1H3,(H,18,19). The molecule has 19 heavy (non-hydrogen) atoms. The van der Waals surface area contributed by atoms with E-state index in [1.807, 2.05) is 31.2 Å². The Morgan fingerprint density at radius 1 is 1.11 bits per heavy atom. The lowest BCUT2D eigenvalue weighted by atomic mass is 10.1. The van der Waals surface area contributed by atoms with E-state index in [9.17, 15) is 9.90 Å². The summed E-state index contributed by atoms with van der Waals surface area (Å²) >= 11 is 6.82. The van der Waals surface area contributed by atoms with Gasteiger partial charge in [0.05, 0.1) is 16.9 Å². The van der Waals surface area contributed by atoms with Crippen molar-refractivity contribution < 1.29 is 9.90 Å². The molecule has 0 aliphatic heterocycles. The zero-order chi connectivity index (χ0) is 14.0. The van der Waals surface area contributed by atoms with Crippen molar-refractivity contribution in [3.63, 3.8) is 0 Å². The van der Waals surface area contributed by atoms with Crippen LogP contribution in [0.5, 0.6) is 0 Å². The molecule has 0 radical (unpaired) electrons. The van der Waals surface area contributed by atoms with Crippen molar-refractivity contribution in [3.05, 3.63) is 56.5 Å². The first-order valence-electron chi connectivity index (χ1n) is 5.53. The van der Waals surface area contributed by atoms with Gasteiger partial charge in [0, 0.05) is 8.95 Å². The first-order valence-corrected chi connectivity index (χ1v) is 7.12. The maximum Gasteiger partial charge on any atom is 0.337 e. The lowest BCUT2D eigenvalue weighted by molar-refractivity contribution is 0.0698. The number of aromatic carboxylic acids is 1. The maximum absolute atomic E-state index is 11.2. The number of nitrogens with one attached hydrogen (secondary N) is 1. The predicted molar refractivity (Wildman–Crippen MR) is 83.3 cm³/mol. The average molecular weight is 385 g/mol. The normalized spacial score (nSPS) is 10.3. The summed E-state index contributed by atoms with van der Waals surface area (Å²) in [6.07, 6.45) is 0. The van der Waals surface area contributed by atoms with Gasteiger partial charge in [-0.1, -0.05) is 27.6 Å². The largest absolute Gasteiger partial charge is 0.478 e. The number of hydrogen-bond acceptors (Lipinski definition) is 2. The summed E-state index contributed by atoms with van der Waals surface area (Å²) in [6.45, 7) is 1.87. The SMILES string of the molecule is Cc1ccc(Nc2ccc(Br)cc2Br)c(C(=O)O)c1. The molecule has 0 aliphatic carbocycles. The van der Waals surface area contributed by atoms with Crippen LogP contribution in [0.25, 0.3) is 0 Å². The Bertz CT molecular complexity index is 641. The Balaban J connectivity index is 2.40. The van der Waals surface area contributed by atoms with Gasteiger partial charge < -0.3 is 10.4 Å². The number of carboxylic acids is 1. The smallest absolute Gasteiger partial charge is 0.337 e. The van der Waals surface area contributed by atoms with Gasteiger partial charge in [-0.25, -0.2) is 4.79 Å². The quantitative estimate of drug-likeness (QED) is 0.785. The topological polar surface area (TPSA) is 49.3 Å². The van der Waals surface area contributed by atoms with Gasteiger partial charge in [-0.3, -0.25) is 0 Å². The molecule has 3 nitrogen and oxygen atoms in total. The fourth-order valence-electron chi connectivity index (χ4n) is 1.68. The van der Waals surface area contributed by atoms with E-state index in [2.05, 4.69) is 37.2 Å². The molecule has 0 aromatic heterocycles. The minimum atomic E-state index is -0.945. The highest BCUT2D eigenvalue weighted by molar-refractivity contribution is 9.11. The highest BCUT2D eigenvalue weighted by Gasteiger charge is 2.11. The van der Waals surface area contributed by atoms with Crippen LogP contribution in [0.2, 0.25) is 0 Å². The monoisotopic (exact) mass is 383 g/mol. The van der Waals surface area contributed by atoms with Gasteiger partial charge in [0.15, 0.2) is 0 Å². The van der Waals surface area contributed by atoms with Gasteiger partial charge >= 0.3 is 5.97 Å². The highest BCUT2D eigenvalue weighted by atomic mass is 79.9. The zero-order valence-corrected chi connectivity index (χ0v) is 13.2. The number of hydrogen-bond donors (Lipinski definition) is 2. The van der Waals surface area contributed by atoms with E-state index >= 15 is 0 Å². The van der Waals surface area contributed by atoms with Gasteiger partial charge in [-0.15, -0.1) is 0 Å². The summed E-state index contributed by atoms with van der Waals surface area (Å²) in [5.74, 6) is -0.945. The summed E-state index contributed by atoms with van der Waals surface area (Å²) in [4.78, 5) is 11.2. The van der Waals surface area contributed by atoms with Gasteiger partial charge in [-0.05, 0) is 53.2 Å². The van der Waals surface area contributed by atoms with Crippen LogP contribution >= 0.6 is 31.9 Å². The van der Waals surface area contributed by atoms with Gasteiger partial charge in [0.1, 0.15) is 0 Å². The lowest BCUT2D eigenvalue weighted by Crippen LogP contribution is -2.03. The van der Waals surface area contributed by atoms with Crippen molar-refractivity contribution in [1.29, 1.82) is 0 Å². The summed E-state index contributed by atoms with van der Waals surface area (Å²) < 4.78 is 1.81. The van der Waals surface area contributed by atoms with Gasteiger partial charge in [0.25, 0.3) is 0 Å². The Hall–Kier alpha value is -1.33. The van der Waals surface area contributed by atoms with Crippen LogP contribution in [-0.2, 0) is 0 Å². The number of halogens is 2. The number of benzene rings is 2. The number of carbonyl (C=O) groups is 1. The van der Waals surface area contributed by atoms with Gasteiger partial charge in [0.2, 0.25) is 0 Å². The third-order valence-corrected chi connectivity index (χ3v) is 3.76. The van der Waals surface area contributed by atoms with Crippen molar-refractivity contribution >= 4 is 49.2 Å². The van der Waals surface area contributed by atoms with E-state index < -0.39 is 5.97 Å². The van der Waals surface area contributed by atoms with E-state index in [-0.39, 0.29) is 5.56 Å². The number of aryl methyl sites for hydroxylation is 1. The number of carboxylic acid groups (broad SMARTS) is 1. The van der Waals surface area contributed by atoms with Gasteiger partial charge in [-0.2, -0.15) is 0 Å². The zero-order valence-electron chi connectivity index (χ0n) is 10.1. The fraction of sp³-hybridized carbons (Fsp3) is 0.0714. The molecule has 2 rings (SSSR count). The van der Waals surface area contributed by atoms with Crippen molar-refractivity contribution in [2.24, 2.45) is 0 Å². The first kappa shape index (κ1) is 14.1. The molecule has 0 heterocycles. The molecule has 98 valence electrons. The Morgan fingerprint density at radius 3 is 2.42 bits per heavy atom. The fourth-order valence-corrected chi connectivity index (χ4v) is 2.83. The van der Waals surface area contributed by atoms with E-state index in [0.29, 0.717) is 5.69 Å². The Kier molecular flexibility index (Phi) is 4.27. The number of rotatable bonds is 3. The molecule has 0 spiro atoms. The highest BCUT2D eigenvalue weighted by Crippen LogP contribution is 2.30. The van der Waals surface area contributed by atoms with Crippen LogP contribution < -0.4 is 5.32 Å². The van der Waals surface area contributed by atoms with Crippen LogP contribution in [0, 0.1) is 6.92 Å². The molecule has 2 N–H and O–H groups in total. The van der Waals surface area contributed by atoms with Crippen LogP contribution in [0.1, 0.15) is 15.9 Å². The molecule has 0 fully saturated rings. The second-order valence-corrected chi connectivity index (χ2v) is 5.87. The van der Waals surface area contributed by atoms with Crippen LogP contribution in [-0.4, -0.2) is 11.1 Å². The lowest BCUT2D eigenvalue weighted by Gasteiger charge is -2.12. The molecule has 2 aromatic carbocycles. The summed E-state index contributed by atoms with van der Waals surface area (Å²) in [6, 6.07) is 11.0. The van der Waals surface area contributed by atoms with Crippen molar-refractivity contribution in [2.75, 3.05) is 5.32 Å². The maximum atomic E-state index is 11.2. The second-order valence-electron chi connectivity index (χ2n) is 4.10. The van der Waals surface area contributed by atoms with E-state index in [4.69, 9.17) is 0 Å². The Labute approximate surface area is 127 Å². The van der Waals surface area contributed by atoms with Crippen molar-refractivity contribution in [3.8, 4) is 0 Å². The molecule has 0 atom stereocenters. The third-order valence-electron chi connectivity index (χ3n) is 2.61. The molecular weight excluding hydrogens is 374 g/mol. The van der Waals surface area contributed by atoms with Crippen molar-refractivity contribution in [1.82, 2.24) is 0 Å². The predicted octanol–water partition coefficient (Wildman–Crippen LogP) is 4.96. The van der Waals surface area contributed by atoms with Crippen molar-refractivity contribution in [2.45, 2.75) is 6.92 Å². The molecular formula is C14H11Br2NO2. The van der Waals surface area contributed by atoms with E-state index in [1.165, 1.54) is 0 Å².